The second kappa shape index (κ2) is 3.16. The van der Waals surface area contributed by atoms with Crippen molar-refractivity contribution in [3.8, 4) is 0 Å². The molecule has 1 aromatic heterocycles. The molecule has 1 aliphatic rings. The van der Waals surface area contributed by atoms with Gasteiger partial charge in [0.15, 0.2) is 5.78 Å². The molecular weight excluding hydrogens is 250 g/mol. The van der Waals surface area contributed by atoms with E-state index in [1.807, 2.05) is 0 Å². The summed E-state index contributed by atoms with van der Waals surface area (Å²) in [6.07, 6.45) is 1.17. The molecule has 1 aromatic rings. The van der Waals surface area contributed by atoms with E-state index in [0.29, 0.717) is 5.69 Å². The third-order valence-corrected chi connectivity index (χ3v) is 2.50. The first-order valence-corrected chi connectivity index (χ1v) is 4.78. The first kappa shape index (κ1) is 9.33. The predicted octanol–water partition coefficient (Wildman–Crippen LogP) is 1.33. The normalized spacial score (nSPS) is 17.4. The number of nitrogens with zero attached hydrogens (tertiary/aromatic N) is 1. The number of fused-ring (bicyclic) bond motifs is 1. The number of hydrogen-bond donors (Lipinski definition) is 1. The van der Waals surface area contributed by atoms with E-state index >= 15 is 0 Å². The van der Waals surface area contributed by atoms with Crippen molar-refractivity contribution in [3.05, 3.63) is 28.0 Å². The van der Waals surface area contributed by atoms with Crippen molar-refractivity contribution in [2.75, 3.05) is 0 Å². The molecule has 5 heteroatoms. The van der Waals surface area contributed by atoms with Gasteiger partial charge in [0.1, 0.15) is 6.42 Å². The minimum absolute atomic E-state index is 0.293. The van der Waals surface area contributed by atoms with E-state index in [1.165, 1.54) is 0 Å². The number of aliphatic carboxylic acids is 1. The zero-order chi connectivity index (χ0) is 10.3. The lowest BCUT2D eigenvalue weighted by atomic mass is 10.1. The largest absolute Gasteiger partial charge is 0.481 e. The number of pyridine rings is 1. The number of halogens is 1. The van der Waals surface area contributed by atoms with Gasteiger partial charge in [0.2, 0.25) is 0 Å². The highest BCUT2D eigenvalue weighted by atomic mass is 79.9. The molecule has 0 radical (unpaired) electrons. The first-order chi connectivity index (χ1) is 6.59. The molecule has 2 rings (SSSR count). The van der Waals surface area contributed by atoms with Gasteiger partial charge in [0.25, 0.3) is 0 Å². The lowest BCUT2D eigenvalue weighted by Gasteiger charge is -1.90. The molecule has 1 atom stereocenters. The van der Waals surface area contributed by atoms with E-state index in [-0.39, 0.29) is 11.7 Å². The molecule has 1 aliphatic carbocycles. The third kappa shape index (κ3) is 1.55. The van der Waals surface area contributed by atoms with Gasteiger partial charge in [0, 0.05) is 10.7 Å². The number of carbonyl (C=O) groups excluding carboxylic acids is 1. The third-order valence-electron chi connectivity index (χ3n) is 2.06. The number of aromatic nitrogens is 1. The van der Waals surface area contributed by atoms with Crippen molar-refractivity contribution in [2.45, 2.75) is 12.3 Å². The maximum atomic E-state index is 11.3. The highest BCUT2D eigenvalue weighted by Gasteiger charge is 2.41. The summed E-state index contributed by atoms with van der Waals surface area (Å²) in [4.78, 5) is 25.7. The topological polar surface area (TPSA) is 67.3 Å². The Bertz CT molecular complexity index is 430. The fourth-order valence-corrected chi connectivity index (χ4v) is 1.78. The Hall–Kier alpha value is -1.23. The molecule has 1 N–H and O–H groups in total. The summed E-state index contributed by atoms with van der Waals surface area (Å²) < 4.78 is 0.807. The number of rotatable bonds is 3. The van der Waals surface area contributed by atoms with E-state index in [0.717, 1.165) is 10.0 Å². The molecule has 0 saturated heterocycles. The average Bonchev–Trinajstić information content (AvgIpc) is 2.75. The number of carboxylic acids is 1. The maximum Gasteiger partial charge on any atom is 0.310 e. The van der Waals surface area contributed by atoms with Crippen LogP contribution in [-0.4, -0.2) is 21.8 Å². The van der Waals surface area contributed by atoms with E-state index in [2.05, 4.69) is 20.9 Å². The molecule has 72 valence electrons. The van der Waals surface area contributed by atoms with Gasteiger partial charge in [-0.25, -0.2) is 0 Å². The van der Waals surface area contributed by atoms with Crippen LogP contribution in [0.25, 0.3) is 0 Å². The minimum atomic E-state index is -1.09. The summed E-state index contributed by atoms with van der Waals surface area (Å²) in [6.45, 7) is 0. The van der Waals surface area contributed by atoms with Crippen LogP contribution in [0.4, 0.5) is 0 Å². The fourth-order valence-electron chi connectivity index (χ4n) is 1.43. The van der Waals surface area contributed by atoms with Gasteiger partial charge in [-0.2, -0.15) is 0 Å². The number of Topliss-reactive ketones (excluding diaryl/α,β-unsaturated/α-hetero) is 1. The second-order valence-electron chi connectivity index (χ2n) is 3.10. The van der Waals surface area contributed by atoms with Crippen LogP contribution in [-0.2, 0) is 9.59 Å². The van der Waals surface area contributed by atoms with Crippen LogP contribution in [0.3, 0.4) is 0 Å². The van der Waals surface area contributed by atoms with Gasteiger partial charge in [-0.1, -0.05) is 0 Å². The minimum Gasteiger partial charge on any atom is -0.481 e. The van der Waals surface area contributed by atoms with Gasteiger partial charge in [-0.05, 0) is 27.6 Å². The van der Waals surface area contributed by atoms with Crippen molar-refractivity contribution in [1.82, 2.24) is 4.98 Å². The molecule has 1 unspecified atom stereocenters. The smallest absolute Gasteiger partial charge is 0.310 e. The second-order valence-corrected chi connectivity index (χ2v) is 4.01. The fraction of sp³-hybridized carbons (Fsp3) is 0.222. The van der Waals surface area contributed by atoms with Crippen molar-refractivity contribution >= 4 is 27.7 Å². The molecule has 4 nitrogen and oxygen atoms in total. The summed E-state index contributed by atoms with van der Waals surface area (Å²) in [6, 6.07) is 1.80. The molecule has 0 aliphatic heterocycles. The zero-order valence-electron chi connectivity index (χ0n) is 7.03. The van der Waals surface area contributed by atoms with Crippen molar-refractivity contribution in [3.63, 3.8) is 0 Å². The monoisotopic (exact) mass is 255 g/mol. The van der Waals surface area contributed by atoms with Crippen LogP contribution in [0.5, 0.6) is 0 Å². The van der Waals surface area contributed by atoms with Gasteiger partial charge in [-0.15, -0.1) is 0 Å². The summed E-state index contributed by atoms with van der Waals surface area (Å²) >= 11 is 3.23. The van der Waals surface area contributed by atoms with E-state index in [4.69, 9.17) is 5.11 Å². The number of carboxylic acid groups (broad SMARTS) is 1. The van der Waals surface area contributed by atoms with Crippen molar-refractivity contribution in [2.24, 2.45) is 0 Å². The first-order valence-electron chi connectivity index (χ1n) is 3.99. The molecule has 0 spiro atoms. The standard InChI is InChI=1S/C9H6BrNO3/c10-4-1-5-8(9(5)11-3-4)6(12)2-7(13)14/h1,3,8H,2H2,(H,13,14). The lowest BCUT2D eigenvalue weighted by molar-refractivity contribution is -0.140. The number of ketones is 1. The number of carbonyl (C=O) groups is 2. The zero-order valence-corrected chi connectivity index (χ0v) is 8.61. The predicted molar refractivity (Wildman–Crippen MR) is 51.0 cm³/mol. The molecule has 0 fully saturated rings. The Balaban J connectivity index is 2.13. The number of hydrogen-bond acceptors (Lipinski definition) is 3. The van der Waals surface area contributed by atoms with Crippen LogP contribution in [0, 0.1) is 0 Å². The van der Waals surface area contributed by atoms with Gasteiger partial charge in [0.05, 0.1) is 11.6 Å². The summed E-state index contributed by atoms with van der Waals surface area (Å²) in [5, 5.41) is 8.44. The van der Waals surface area contributed by atoms with Crippen LogP contribution < -0.4 is 0 Å². The highest BCUT2D eigenvalue weighted by Crippen LogP contribution is 2.43. The Morgan fingerprint density at radius 2 is 2.29 bits per heavy atom. The molecule has 0 saturated carbocycles. The molecule has 14 heavy (non-hydrogen) atoms. The van der Waals surface area contributed by atoms with Gasteiger partial charge < -0.3 is 5.11 Å². The van der Waals surface area contributed by atoms with Crippen molar-refractivity contribution < 1.29 is 14.7 Å². The molecule has 0 bridgehead atoms. The van der Waals surface area contributed by atoms with Gasteiger partial charge >= 0.3 is 5.97 Å². The highest BCUT2D eigenvalue weighted by molar-refractivity contribution is 9.10. The quantitative estimate of drug-likeness (QED) is 0.828. The molecular formula is C9H6BrNO3. The molecule has 1 heterocycles. The Morgan fingerprint density at radius 1 is 1.57 bits per heavy atom. The van der Waals surface area contributed by atoms with Crippen molar-refractivity contribution in [1.29, 1.82) is 0 Å². The Labute approximate surface area is 88.1 Å². The molecule has 0 aromatic carbocycles. The van der Waals surface area contributed by atoms with E-state index in [9.17, 15) is 9.59 Å². The average molecular weight is 256 g/mol. The summed E-state index contributed by atoms with van der Waals surface area (Å²) in [7, 11) is 0. The Morgan fingerprint density at radius 3 is 2.86 bits per heavy atom. The van der Waals surface area contributed by atoms with Crippen LogP contribution >= 0.6 is 15.9 Å². The van der Waals surface area contributed by atoms with Crippen LogP contribution in [0.15, 0.2) is 16.7 Å². The SMILES string of the molecule is O=C(O)CC(=O)C1c2cc(Br)cnc21. The summed E-state index contributed by atoms with van der Waals surface area (Å²) in [5.74, 6) is -1.76. The Kier molecular flexibility index (Phi) is 2.11. The van der Waals surface area contributed by atoms with E-state index < -0.39 is 12.4 Å². The summed E-state index contributed by atoms with van der Waals surface area (Å²) in [5.41, 5.74) is 1.55. The lowest BCUT2D eigenvalue weighted by Crippen LogP contribution is -2.07. The molecule has 0 amide bonds. The maximum absolute atomic E-state index is 11.3. The van der Waals surface area contributed by atoms with E-state index in [1.54, 1.807) is 12.3 Å². The van der Waals surface area contributed by atoms with Crippen LogP contribution in [0.2, 0.25) is 0 Å². The van der Waals surface area contributed by atoms with Gasteiger partial charge in [-0.3, -0.25) is 14.6 Å². The van der Waals surface area contributed by atoms with Crippen LogP contribution in [0.1, 0.15) is 23.6 Å².